The summed E-state index contributed by atoms with van der Waals surface area (Å²) in [7, 11) is 3.19. The molecule has 25 heavy (non-hydrogen) atoms. The highest BCUT2D eigenvalue weighted by atomic mass is 16.5. The van der Waals surface area contributed by atoms with E-state index in [2.05, 4.69) is 12.1 Å². The number of carbonyl (C=O) groups is 1. The summed E-state index contributed by atoms with van der Waals surface area (Å²) in [4.78, 5) is 14.6. The minimum absolute atomic E-state index is 0.0741. The smallest absolute Gasteiger partial charge is 0.276 e. The fourth-order valence-corrected chi connectivity index (χ4v) is 3.25. The van der Waals surface area contributed by atoms with Gasteiger partial charge in [0, 0.05) is 19.2 Å². The van der Waals surface area contributed by atoms with Crippen LogP contribution < -0.4 is 9.47 Å². The Balaban J connectivity index is 1.84. The quantitative estimate of drug-likeness (QED) is 0.829. The third-order valence-electron chi connectivity index (χ3n) is 4.78. The van der Waals surface area contributed by atoms with Crippen molar-refractivity contribution in [3.05, 3.63) is 30.0 Å². The molecule has 0 radical (unpaired) electrons. The summed E-state index contributed by atoms with van der Waals surface area (Å²) in [6.07, 6.45) is 3.32. The molecule has 134 valence electrons. The minimum atomic E-state index is -0.0741. The van der Waals surface area contributed by atoms with Gasteiger partial charge in [0.15, 0.2) is 11.5 Å². The lowest BCUT2D eigenvalue weighted by Gasteiger charge is -2.31. The van der Waals surface area contributed by atoms with Crippen LogP contribution in [-0.2, 0) is 0 Å². The summed E-state index contributed by atoms with van der Waals surface area (Å²) in [5.74, 6) is 2.31. The van der Waals surface area contributed by atoms with Gasteiger partial charge < -0.3 is 18.9 Å². The van der Waals surface area contributed by atoms with Gasteiger partial charge >= 0.3 is 0 Å². The van der Waals surface area contributed by atoms with Crippen molar-refractivity contribution in [1.29, 1.82) is 0 Å². The largest absolute Gasteiger partial charge is 0.497 e. The Morgan fingerprint density at radius 1 is 1.32 bits per heavy atom. The first-order valence-electron chi connectivity index (χ1n) is 8.64. The predicted molar refractivity (Wildman–Crippen MR) is 94.0 cm³/mol. The second-order valence-electron chi connectivity index (χ2n) is 6.31. The number of piperidine rings is 1. The first-order chi connectivity index (χ1) is 12.2. The average Bonchev–Trinajstić information content (AvgIpc) is 3.16. The van der Waals surface area contributed by atoms with Crippen molar-refractivity contribution in [3.63, 3.8) is 0 Å². The van der Waals surface area contributed by atoms with Crippen LogP contribution in [0, 0.1) is 5.92 Å². The molecule has 0 spiro atoms. The van der Waals surface area contributed by atoms with Gasteiger partial charge in [-0.15, -0.1) is 0 Å². The molecule has 1 aliphatic heterocycles. The van der Waals surface area contributed by atoms with E-state index < -0.39 is 0 Å². The van der Waals surface area contributed by atoms with E-state index in [0.29, 0.717) is 34.4 Å². The molecule has 0 unspecified atom stereocenters. The van der Waals surface area contributed by atoms with Gasteiger partial charge in [-0.25, -0.2) is 0 Å². The van der Waals surface area contributed by atoms with Crippen molar-refractivity contribution in [2.75, 3.05) is 27.3 Å². The van der Waals surface area contributed by atoms with Crippen LogP contribution in [-0.4, -0.2) is 43.3 Å². The van der Waals surface area contributed by atoms with Crippen LogP contribution in [0.15, 0.2) is 28.8 Å². The number of benzene rings is 1. The topological polar surface area (TPSA) is 64.8 Å². The Bertz CT molecular complexity index is 741. The van der Waals surface area contributed by atoms with E-state index in [-0.39, 0.29) is 5.91 Å². The van der Waals surface area contributed by atoms with Crippen LogP contribution in [0.25, 0.3) is 11.3 Å². The average molecular weight is 344 g/mol. The van der Waals surface area contributed by atoms with Gasteiger partial charge in [0.25, 0.3) is 5.91 Å². The zero-order valence-corrected chi connectivity index (χ0v) is 14.9. The first-order valence-corrected chi connectivity index (χ1v) is 8.64. The summed E-state index contributed by atoms with van der Waals surface area (Å²) in [5, 5.41) is 3.99. The molecule has 1 saturated heterocycles. The Morgan fingerprint density at radius 3 is 2.88 bits per heavy atom. The third kappa shape index (κ3) is 3.62. The SMILES string of the molecule is CC[C@@H]1CCCN(C(=O)c2cc(-c3cc(OC)ccc3OC)on2)C1. The standard InChI is InChI=1S/C19H24N2O4/c1-4-13-6-5-9-21(12-13)19(22)16-11-18(25-20-16)15-10-14(23-2)7-8-17(15)24-3/h7-8,10-11,13H,4-6,9,12H2,1-3H3/t13-/m1/s1. The van der Waals surface area contributed by atoms with Crippen molar-refractivity contribution in [2.24, 2.45) is 5.92 Å². The summed E-state index contributed by atoms with van der Waals surface area (Å²) >= 11 is 0. The highest BCUT2D eigenvalue weighted by Gasteiger charge is 2.26. The van der Waals surface area contributed by atoms with Crippen molar-refractivity contribution < 1.29 is 18.8 Å². The van der Waals surface area contributed by atoms with E-state index in [1.165, 1.54) is 6.42 Å². The summed E-state index contributed by atoms with van der Waals surface area (Å²) in [6, 6.07) is 7.09. The molecule has 3 rings (SSSR count). The van der Waals surface area contributed by atoms with E-state index in [1.807, 2.05) is 17.0 Å². The van der Waals surface area contributed by atoms with E-state index in [0.717, 1.165) is 25.9 Å². The number of likely N-dealkylation sites (tertiary alicyclic amines) is 1. The number of amides is 1. The minimum Gasteiger partial charge on any atom is -0.497 e. The number of nitrogens with zero attached hydrogens (tertiary/aromatic N) is 2. The van der Waals surface area contributed by atoms with Gasteiger partial charge in [0.1, 0.15) is 11.5 Å². The summed E-state index contributed by atoms with van der Waals surface area (Å²) in [5.41, 5.74) is 1.04. The van der Waals surface area contributed by atoms with Crippen LogP contribution in [0.3, 0.4) is 0 Å². The van der Waals surface area contributed by atoms with E-state index in [9.17, 15) is 4.79 Å². The van der Waals surface area contributed by atoms with Crippen LogP contribution in [0.1, 0.15) is 36.7 Å². The maximum atomic E-state index is 12.7. The second kappa shape index (κ2) is 7.59. The lowest BCUT2D eigenvalue weighted by atomic mass is 9.95. The molecule has 6 heteroatoms. The molecule has 1 aromatic carbocycles. The van der Waals surface area contributed by atoms with Crippen LogP contribution in [0.2, 0.25) is 0 Å². The highest BCUT2D eigenvalue weighted by Crippen LogP contribution is 2.34. The van der Waals surface area contributed by atoms with Gasteiger partial charge in [-0.3, -0.25) is 4.79 Å². The Morgan fingerprint density at radius 2 is 2.16 bits per heavy atom. The highest BCUT2D eigenvalue weighted by molar-refractivity contribution is 5.93. The number of aromatic nitrogens is 1. The lowest BCUT2D eigenvalue weighted by Crippen LogP contribution is -2.39. The molecule has 1 fully saturated rings. The van der Waals surface area contributed by atoms with Crippen LogP contribution in [0.5, 0.6) is 11.5 Å². The Hall–Kier alpha value is -2.50. The molecule has 1 atom stereocenters. The normalized spacial score (nSPS) is 17.4. The molecule has 1 aliphatic rings. The van der Waals surface area contributed by atoms with E-state index in [1.54, 1.807) is 26.4 Å². The zero-order valence-electron chi connectivity index (χ0n) is 14.9. The van der Waals surface area contributed by atoms with Crippen molar-refractivity contribution in [1.82, 2.24) is 10.1 Å². The number of methoxy groups -OCH3 is 2. The summed E-state index contributed by atoms with van der Waals surface area (Å²) in [6.45, 7) is 3.74. The van der Waals surface area contributed by atoms with Gasteiger partial charge in [-0.05, 0) is 37.0 Å². The maximum absolute atomic E-state index is 12.7. The number of hydrogen-bond donors (Lipinski definition) is 0. The van der Waals surface area contributed by atoms with Crippen molar-refractivity contribution >= 4 is 5.91 Å². The molecule has 0 saturated carbocycles. The first kappa shape index (κ1) is 17.3. The monoisotopic (exact) mass is 344 g/mol. The van der Waals surface area contributed by atoms with Crippen molar-refractivity contribution in [3.8, 4) is 22.8 Å². The van der Waals surface area contributed by atoms with Crippen LogP contribution >= 0.6 is 0 Å². The molecule has 2 heterocycles. The molecule has 2 aromatic rings. The fourth-order valence-electron chi connectivity index (χ4n) is 3.25. The second-order valence-corrected chi connectivity index (χ2v) is 6.31. The van der Waals surface area contributed by atoms with Gasteiger partial charge in [0.2, 0.25) is 0 Å². The molecular formula is C19H24N2O4. The number of hydrogen-bond acceptors (Lipinski definition) is 5. The van der Waals surface area contributed by atoms with E-state index >= 15 is 0 Å². The van der Waals surface area contributed by atoms with Gasteiger partial charge in [-0.1, -0.05) is 18.5 Å². The van der Waals surface area contributed by atoms with Crippen molar-refractivity contribution in [2.45, 2.75) is 26.2 Å². The molecule has 1 amide bonds. The van der Waals surface area contributed by atoms with Gasteiger partial charge in [0.05, 0.1) is 19.8 Å². The van der Waals surface area contributed by atoms with E-state index in [4.69, 9.17) is 14.0 Å². The molecular weight excluding hydrogens is 320 g/mol. The molecule has 6 nitrogen and oxygen atoms in total. The Labute approximate surface area is 147 Å². The molecule has 0 aliphatic carbocycles. The zero-order chi connectivity index (χ0) is 17.8. The van der Waals surface area contributed by atoms with Crippen LogP contribution in [0.4, 0.5) is 0 Å². The van der Waals surface area contributed by atoms with Gasteiger partial charge in [-0.2, -0.15) is 0 Å². The third-order valence-corrected chi connectivity index (χ3v) is 4.78. The fraction of sp³-hybridized carbons (Fsp3) is 0.474. The number of ether oxygens (including phenoxy) is 2. The number of rotatable bonds is 5. The maximum Gasteiger partial charge on any atom is 0.276 e. The molecule has 1 aromatic heterocycles. The Kier molecular flexibility index (Phi) is 5.26. The number of carbonyl (C=O) groups excluding carboxylic acids is 1. The molecule has 0 bridgehead atoms. The summed E-state index contributed by atoms with van der Waals surface area (Å²) < 4.78 is 16.1. The molecule has 0 N–H and O–H groups in total. The lowest BCUT2D eigenvalue weighted by molar-refractivity contribution is 0.0661. The predicted octanol–water partition coefficient (Wildman–Crippen LogP) is 3.62.